The van der Waals surface area contributed by atoms with E-state index in [1.54, 1.807) is 12.1 Å². The van der Waals surface area contributed by atoms with Gasteiger partial charge in [0.2, 0.25) is 0 Å². The Kier molecular flexibility index (Phi) is 8.34. The molecule has 26 heavy (non-hydrogen) atoms. The Hall–Kier alpha value is -0.870. The van der Waals surface area contributed by atoms with Crippen molar-refractivity contribution in [1.82, 2.24) is 4.90 Å². The second kappa shape index (κ2) is 9.36. The first-order valence-corrected chi connectivity index (χ1v) is 10.2. The zero-order chi connectivity index (χ0) is 18.7. The maximum absolute atomic E-state index is 12.5. The summed E-state index contributed by atoms with van der Waals surface area (Å²) in [7, 11) is -3.37. The number of nitrogens with zero attached hydrogens (tertiary/aromatic N) is 2. The Morgan fingerprint density at radius 3 is 2.46 bits per heavy atom. The van der Waals surface area contributed by atoms with Gasteiger partial charge in [-0.05, 0) is 30.0 Å². The Labute approximate surface area is 174 Å². The molecule has 1 aliphatic heterocycles. The number of ether oxygens (including phenoxy) is 1. The molecule has 2 N–H and O–H groups in total. The van der Waals surface area contributed by atoms with Crippen molar-refractivity contribution in [1.29, 1.82) is 0 Å². The summed E-state index contributed by atoms with van der Waals surface area (Å²) in [5, 5.41) is 0. The molecular formula is C18H30IN3O3S. The molecule has 1 aromatic rings. The summed E-state index contributed by atoms with van der Waals surface area (Å²) in [6.45, 7) is 10.4. The van der Waals surface area contributed by atoms with Crippen molar-refractivity contribution >= 4 is 39.8 Å². The number of hydrogen-bond acceptors (Lipinski definition) is 4. The molecule has 1 saturated heterocycles. The van der Waals surface area contributed by atoms with E-state index in [-0.39, 0.29) is 47.8 Å². The summed E-state index contributed by atoms with van der Waals surface area (Å²) >= 11 is 0. The highest BCUT2D eigenvalue weighted by Gasteiger charge is 2.19. The molecule has 1 aromatic carbocycles. The molecule has 1 unspecified atom stereocenters. The number of rotatable bonds is 4. The fraction of sp³-hybridized carbons (Fsp3) is 0.611. The van der Waals surface area contributed by atoms with Crippen molar-refractivity contribution in [3.8, 4) is 0 Å². The quantitative estimate of drug-likeness (QED) is 0.394. The van der Waals surface area contributed by atoms with Crippen LogP contribution >= 0.6 is 24.0 Å². The minimum Gasteiger partial charge on any atom is -0.375 e. The molecule has 0 spiro atoms. The molecule has 0 radical (unpaired) electrons. The van der Waals surface area contributed by atoms with Crippen LogP contribution in [0.3, 0.4) is 0 Å². The van der Waals surface area contributed by atoms with Crippen LogP contribution in [-0.2, 0) is 20.0 Å². The normalized spacial score (nSPS) is 19.2. The van der Waals surface area contributed by atoms with Gasteiger partial charge in [-0.3, -0.25) is 4.99 Å². The second-order valence-corrected chi connectivity index (χ2v) is 9.57. The number of halogens is 1. The van der Waals surface area contributed by atoms with Crippen LogP contribution in [-0.4, -0.2) is 57.4 Å². The highest BCUT2D eigenvalue weighted by molar-refractivity contribution is 14.0. The minimum absolute atomic E-state index is 0. The first-order chi connectivity index (χ1) is 11.6. The molecule has 8 heteroatoms. The predicted octanol–water partition coefficient (Wildman–Crippen LogP) is 2.41. The van der Waals surface area contributed by atoms with E-state index in [0.29, 0.717) is 30.6 Å². The van der Waals surface area contributed by atoms with Gasteiger partial charge in [0.05, 0.1) is 29.9 Å². The van der Waals surface area contributed by atoms with E-state index < -0.39 is 9.84 Å². The van der Waals surface area contributed by atoms with Gasteiger partial charge in [-0.1, -0.05) is 32.9 Å². The van der Waals surface area contributed by atoms with Crippen molar-refractivity contribution in [2.24, 2.45) is 10.7 Å². The van der Waals surface area contributed by atoms with Crippen molar-refractivity contribution in [2.45, 2.75) is 44.1 Å². The van der Waals surface area contributed by atoms with Gasteiger partial charge in [0.15, 0.2) is 15.8 Å². The van der Waals surface area contributed by atoms with E-state index in [0.717, 1.165) is 5.56 Å². The number of hydrogen-bond donors (Lipinski definition) is 1. The first kappa shape index (κ1) is 23.2. The van der Waals surface area contributed by atoms with E-state index in [2.05, 4.69) is 25.8 Å². The molecule has 148 valence electrons. The predicted molar refractivity (Wildman–Crippen MR) is 116 cm³/mol. The Balaban J connectivity index is 0.00000338. The molecule has 2 rings (SSSR count). The smallest absolute Gasteiger partial charge is 0.191 e. The standard InChI is InChI=1S/C18H29N3O3S.HI/c1-14-13-21(10-11-24-14)17(19)20-9-12-25(22,23)16-7-5-15(6-8-16)18(2,3)4;/h5-8,14H,9-13H2,1-4H3,(H2,19,20);1H. The van der Waals surface area contributed by atoms with E-state index in [4.69, 9.17) is 10.5 Å². The lowest BCUT2D eigenvalue weighted by molar-refractivity contribution is 0.00531. The Morgan fingerprint density at radius 2 is 1.92 bits per heavy atom. The lowest BCUT2D eigenvalue weighted by Crippen LogP contribution is -2.48. The SMILES string of the molecule is CC1CN(C(N)=NCCS(=O)(=O)c2ccc(C(C)(C)C)cc2)CCO1.I. The summed E-state index contributed by atoms with van der Waals surface area (Å²) in [4.78, 5) is 6.49. The van der Waals surface area contributed by atoms with Gasteiger partial charge in [-0.2, -0.15) is 0 Å². The van der Waals surface area contributed by atoms with Crippen LogP contribution in [0, 0.1) is 0 Å². The fourth-order valence-electron chi connectivity index (χ4n) is 2.69. The van der Waals surface area contributed by atoms with Crippen LogP contribution in [0.2, 0.25) is 0 Å². The number of sulfone groups is 1. The van der Waals surface area contributed by atoms with Crippen LogP contribution in [0.5, 0.6) is 0 Å². The molecule has 1 aliphatic rings. The van der Waals surface area contributed by atoms with Gasteiger partial charge in [-0.15, -0.1) is 24.0 Å². The van der Waals surface area contributed by atoms with E-state index in [1.807, 2.05) is 24.0 Å². The average molecular weight is 495 g/mol. The average Bonchev–Trinajstić information content (AvgIpc) is 2.54. The lowest BCUT2D eigenvalue weighted by Gasteiger charge is -2.31. The highest BCUT2D eigenvalue weighted by Crippen LogP contribution is 2.23. The molecular weight excluding hydrogens is 465 g/mol. The number of morpholine rings is 1. The van der Waals surface area contributed by atoms with E-state index in [1.165, 1.54) is 0 Å². The number of guanidine groups is 1. The Morgan fingerprint density at radius 1 is 1.31 bits per heavy atom. The maximum Gasteiger partial charge on any atom is 0.191 e. The zero-order valence-corrected chi connectivity index (χ0v) is 19.1. The topological polar surface area (TPSA) is 85.0 Å². The molecule has 0 amide bonds. The molecule has 1 fully saturated rings. The molecule has 0 aliphatic carbocycles. The third kappa shape index (κ3) is 6.38. The summed E-state index contributed by atoms with van der Waals surface area (Å²) in [5.74, 6) is 0.330. The molecule has 6 nitrogen and oxygen atoms in total. The largest absolute Gasteiger partial charge is 0.375 e. The van der Waals surface area contributed by atoms with Crippen molar-refractivity contribution in [3.05, 3.63) is 29.8 Å². The molecule has 1 atom stereocenters. The van der Waals surface area contributed by atoms with Gasteiger partial charge in [0.1, 0.15) is 0 Å². The third-order valence-electron chi connectivity index (χ3n) is 4.28. The van der Waals surface area contributed by atoms with E-state index in [9.17, 15) is 8.42 Å². The molecule has 0 saturated carbocycles. The minimum atomic E-state index is -3.37. The first-order valence-electron chi connectivity index (χ1n) is 8.59. The van der Waals surface area contributed by atoms with Crippen LogP contribution in [0.25, 0.3) is 0 Å². The van der Waals surface area contributed by atoms with Gasteiger partial charge in [0, 0.05) is 13.1 Å². The van der Waals surface area contributed by atoms with Crippen LogP contribution < -0.4 is 5.73 Å². The van der Waals surface area contributed by atoms with Gasteiger partial charge < -0.3 is 15.4 Å². The number of benzene rings is 1. The highest BCUT2D eigenvalue weighted by atomic mass is 127. The molecule has 0 bridgehead atoms. The summed E-state index contributed by atoms with van der Waals surface area (Å²) in [5.41, 5.74) is 7.07. The van der Waals surface area contributed by atoms with Crippen LogP contribution in [0.1, 0.15) is 33.3 Å². The van der Waals surface area contributed by atoms with E-state index >= 15 is 0 Å². The van der Waals surface area contributed by atoms with Gasteiger partial charge >= 0.3 is 0 Å². The third-order valence-corrected chi connectivity index (χ3v) is 5.99. The summed E-state index contributed by atoms with van der Waals surface area (Å²) in [6, 6.07) is 7.10. The molecule has 1 heterocycles. The monoisotopic (exact) mass is 495 g/mol. The number of aliphatic imine (C=N–C) groups is 1. The van der Waals surface area contributed by atoms with Gasteiger partial charge in [-0.25, -0.2) is 8.42 Å². The summed E-state index contributed by atoms with van der Waals surface area (Å²) in [6.07, 6.45) is 0.104. The maximum atomic E-state index is 12.5. The summed E-state index contributed by atoms with van der Waals surface area (Å²) < 4.78 is 30.4. The zero-order valence-electron chi connectivity index (χ0n) is 15.9. The van der Waals surface area contributed by atoms with Crippen LogP contribution in [0.4, 0.5) is 0 Å². The Bertz CT molecular complexity index is 712. The van der Waals surface area contributed by atoms with Crippen molar-refractivity contribution in [3.63, 3.8) is 0 Å². The second-order valence-electron chi connectivity index (χ2n) is 7.46. The number of nitrogens with two attached hydrogens (primary N) is 1. The van der Waals surface area contributed by atoms with Gasteiger partial charge in [0.25, 0.3) is 0 Å². The lowest BCUT2D eigenvalue weighted by atomic mass is 9.87. The van der Waals surface area contributed by atoms with Crippen molar-refractivity contribution < 1.29 is 13.2 Å². The molecule has 0 aromatic heterocycles. The van der Waals surface area contributed by atoms with Crippen LogP contribution in [0.15, 0.2) is 34.2 Å². The fourth-order valence-corrected chi connectivity index (χ4v) is 3.81. The van der Waals surface area contributed by atoms with Crippen molar-refractivity contribution in [2.75, 3.05) is 32.0 Å².